The minimum Gasteiger partial charge on any atom is -0.507 e. The fraction of sp³-hybridized carbons (Fsp3) is 0.176. The van der Waals surface area contributed by atoms with E-state index in [1.54, 1.807) is 6.07 Å². The molecule has 0 unspecified atom stereocenters. The molecule has 0 aliphatic rings. The first-order chi connectivity index (χ1) is 11.5. The molecule has 7 heteroatoms. The van der Waals surface area contributed by atoms with Crippen molar-refractivity contribution < 1.29 is 28.9 Å². The lowest BCUT2D eigenvalue weighted by atomic mass is 10.1. The van der Waals surface area contributed by atoms with E-state index in [-0.39, 0.29) is 16.3 Å². The molecule has 2 rings (SSSR count). The number of phenols is 1. The van der Waals surface area contributed by atoms with Crippen LogP contribution in [0.15, 0.2) is 36.4 Å². The number of esters is 1. The van der Waals surface area contributed by atoms with Gasteiger partial charge >= 0.3 is 5.97 Å². The normalized spacial score (nSPS) is 10.1. The molecule has 0 fully saturated rings. The van der Waals surface area contributed by atoms with Crippen LogP contribution >= 0.6 is 11.6 Å². The molecule has 0 bridgehead atoms. The molecule has 0 saturated carbocycles. The summed E-state index contributed by atoms with van der Waals surface area (Å²) in [5.74, 6) is -0.677. The smallest absolute Gasteiger partial charge is 0.342 e. The first kappa shape index (κ1) is 17.6. The van der Waals surface area contributed by atoms with Crippen LogP contribution in [0.4, 0.5) is 0 Å². The Morgan fingerprint density at radius 1 is 1.04 bits per heavy atom. The Hall–Kier alpha value is -2.73. The van der Waals surface area contributed by atoms with Gasteiger partial charge in [0, 0.05) is 10.6 Å². The molecule has 0 spiro atoms. The lowest BCUT2D eigenvalue weighted by molar-refractivity contribution is 0.0471. The Kier molecular flexibility index (Phi) is 5.65. The molecule has 0 aliphatic heterocycles. The predicted octanol–water partition coefficient (Wildman–Crippen LogP) is 3.10. The number of ether oxygens (including phenoxy) is 3. The van der Waals surface area contributed by atoms with E-state index in [1.807, 2.05) is 0 Å². The van der Waals surface area contributed by atoms with Crippen molar-refractivity contribution in [3.63, 3.8) is 0 Å². The van der Waals surface area contributed by atoms with E-state index < -0.39 is 18.4 Å². The number of methoxy groups -OCH3 is 2. The Balaban J connectivity index is 2.06. The Morgan fingerprint density at radius 3 is 2.38 bits per heavy atom. The van der Waals surface area contributed by atoms with Crippen molar-refractivity contribution in [1.29, 1.82) is 0 Å². The number of benzene rings is 2. The summed E-state index contributed by atoms with van der Waals surface area (Å²) in [4.78, 5) is 24.0. The van der Waals surface area contributed by atoms with Gasteiger partial charge in [0.15, 0.2) is 23.9 Å². The Bertz CT molecular complexity index is 772. The molecular weight excluding hydrogens is 336 g/mol. The summed E-state index contributed by atoms with van der Waals surface area (Å²) in [5.41, 5.74) is 0.236. The highest BCUT2D eigenvalue weighted by atomic mass is 35.5. The summed E-state index contributed by atoms with van der Waals surface area (Å²) < 4.78 is 15.1. The van der Waals surface area contributed by atoms with Gasteiger partial charge in [-0.25, -0.2) is 4.79 Å². The lowest BCUT2D eigenvalue weighted by Crippen LogP contribution is -2.14. The number of halogens is 1. The number of ketones is 1. The van der Waals surface area contributed by atoms with Gasteiger partial charge in [-0.15, -0.1) is 0 Å². The standard InChI is InChI=1S/C17H15ClO6/c1-22-15-6-3-10(7-16(15)23-2)14(20)9-24-17(21)12-5-4-11(18)8-13(12)19/h3-8,19H,9H2,1-2H3. The number of carbonyl (C=O) groups is 2. The molecule has 6 nitrogen and oxygen atoms in total. The van der Waals surface area contributed by atoms with E-state index in [1.165, 1.54) is 44.6 Å². The van der Waals surface area contributed by atoms with E-state index in [4.69, 9.17) is 25.8 Å². The van der Waals surface area contributed by atoms with Gasteiger partial charge in [0.05, 0.1) is 14.2 Å². The zero-order chi connectivity index (χ0) is 17.7. The maximum Gasteiger partial charge on any atom is 0.342 e. The first-order valence-electron chi connectivity index (χ1n) is 6.87. The van der Waals surface area contributed by atoms with Gasteiger partial charge in [-0.05, 0) is 36.4 Å². The van der Waals surface area contributed by atoms with E-state index in [0.717, 1.165) is 0 Å². The monoisotopic (exact) mass is 350 g/mol. The molecule has 0 heterocycles. The third-order valence-corrected chi connectivity index (χ3v) is 3.45. The van der Waals surface area contributed by atoms with Crippen molar-refractivity contribution in [3.8, 4) is 17.2 Å². The van der Waals surface area contributed by atoms with E-state index in [2.05, 4.69) is 0 Å². The topological polar surface area (TPSA) is 82.1 Å². The van der Waals surface area contributed by atoms with Crippen LogP contribution in [0.25, 0.3) is 0 Å². The fourth-order valence-electron chi connectivity index (χ4n) is 1.98. The highest BCUT2D eigenvalue weighted by Crippen LogP contribution is 2.28. The van der Waals surface area contributed by atoms with Gasteiger partial charge in [-0.1, -0.05) is 11.6 Å². The summed E-state index contributed by atoms with van der Waals surface area (Å²) in [6, 6.07) is 8.59. The van der Waals surface area contributed by atoms with Crippen LogP contribution in [-0.2, 0) is 4.74 Å². The number of rotatable bonds is 6. The minimum atomic E-state index is -0.821. The van der Waals surface area contributed by atoms with Crippen LogP contribution in [0.5, 0.6) is 17.2 Å². The first-order valence-corrected chi connectivity index (χ1v) is 7.25. The van der Waals surface area contributed by atoms with Gasteiger partial charge in [-0.2, -0.15) is 0 Å². The molecule has 0 atom stereocenters. The minimum absolute atomic E-state index is 0.0699. The van der Waals surface area contributed by atoms with E-state index in [9.17, 15) is 14.7 Å². The highest BCUT2D eigenvalue weighted by molar-refractivity contribution is 6.30. The quantitative estimate of drug-likeness (QED) is 0.636. The van der Waals surface area contributed by atoms with Crippen molar-refractivity contribution in [2.24, 2.45) is 0 Å². The molecule has 0 amide bonds. The van der Waals surface area contributed by atoms with Crippen molar-refractivity contribution in [1.82, 2.24) is 0 Å². The Morgan fingerprint density at radius 2 is 1.75 bits per heavy atom. The molecule has 2 aromatic rings. The highest BCUT2D eigenvalue weighted by Gasteiger charge is 2.16. The third kappa shape index (κ3) is 3.97. The molecule has 24 heavy (non-hydrogen) atoms. The molecular formula is C17H15ClO6. The summed E-state index contributed by atoms with van der Waals surface area (Å²) >= 11 is 5.69. The number of carbonyl (C=O) groups excluding carboxylic acids is 2. The number of Topliss-reactive ketones (excluding diaryl/α,β-unsaturated/α-hetero) is 1. The second kappa shape index (κ2) is 7.70. The maximum atomic E-state index is 12.1. The van der Waals surface area contributed by atoms with Crippen LogP contribution in [0.3, 0.4) is 0 Å². The number of hydrogen-bond donors (Lipinski definition) is 1. The lowest BCUT2D eigenvalue weighted by Gasteiger charge is -2.09. The molecule has 0 saturated heterocycles. The van der Waals surface area contributed by atoms with Crippen LogP contribution in [-0.4, -0.2) is 37.7 Å². The summed E-state index contributed by atoms with van der Waals surface area (Å²) in [5, 5.41) is 9.95. The average Bonchev–Trinajstić information content (AvgIpc) is 2.58. The maximum absolute atomic E-state index is 12.1. The summed E-state index contributed by atoms with van der Waals surface area (Å²) in [7, 11) is 2.94. The van der Waals surface area contributed by atoms with Crippen LogP contribution in [0, 0.1) is 0 Å². The van der Waals surface area contributed by atoms with Crippen LogP contribution in [0.2, 0.25) is 5.02 Å². The largest absolute Gasteiger partial charge is 0.507 e. The van der Waals surface area contributed by atoms with E-state index in [0.29, 0.717) is 17.1 Å². The molecule has 126 valence electrons. The van der Waals surface area contributed by atoms with Gasteiger partial charge in [0.1, 0.15) is 11.3 Å². The predicted molar refractivity (Wildman–Crippen MR) is 87.3 cm³/mol. The fourth-order valence-corrected chi connectivity index (χ4v) is 2.15. The van der Waals surface area contributed by atoms with Gasteiger partial charge < -0.3 is 19.3 Å². The van der Waals surface area contributed by atoms with Crippen molar-refractivity contribution >= 4 is 23.4 Å². The zero-order valence-electron chi connectivity index (χ0n) is 13.0. The molecule has 0 aromatic heterocycles. The summed E-state index contributed by atoms with van der Waals surface area (Å²) in [6.07, 6.45) is 0. The van der Waals surface area contributed by atoms with Crippen molar-refractivity contribution in [3.05, 3.63) is 52.5 Å². The average molecular weight is 351 g/mol. The second-order valence-electron chi connectivity index (χ2n) is 4.73. The number of aromatic hydroxyl groups is 1. The molecule has 0 aliphatic carbocycles. The number of hydrogen-bond acceptors (Lipinski definition) is 6. The van der Waals surface area contributed by atoms with Gasteiger partial charge in [0.2, 0.25) is 0 Å². The van der Waals surface area contributed by atoms with Crippen molar-refractivity contribution in [2.75, 3.05) is 20.8 Å². The summed E-state index contributed by atoms with van der Waals surface area (Å²) in [6.45, 7) is -0.476. The molecule has 2 aromatic carbocycles. The zero-order valence-corrected chi connectivity index (χ0v) is 13.8. The number of phenolic OH excluding ortho intramolecular Hbond substituents is 1. The second-order valence-corrected chi connectivity index (χ2v) is 5.17. The van der Waals surface area contributed by atoms with Crippen molar-refractivity contribution in [2.45, 2.75) is 0 Å². The van der Waals surface area contributed by atoms with Gasteiger partial charge in [0.25, 0.3) is 0 Å². The third-order valence-electron chi connectivity index (χ3n) is 3.22. The van der Waals surface area contributed by atoms with Crippen LogP contribution < -0.4 is 9.47 Å². The van der Waals surface area contributed by atoms with Gasteiger partial charge in [-0.3, -0.25) is 4.79 Å². The van der Waals surface area contributed by atoms with E-state index >= 15 is 0 Å². The Labute approximate surface area is 143 Å². The molecule has 0 radical (unpaired) electrons. The SMILES string of the molecule is COc1ccc(C(=O)COC(=O)c2ccc(Cl)cc2O)cc1OC. The molecule has 1 N–H and O–H groups in total. The van der Waals surface area contributed by atoms with Crippen LogP contribution in [0.1, 0.15) is 20.7 Å².